The van der Waals surface area contributed by atoms with Crippen LogP contribution in [0.2, 0.25) is 0 Å². The maximum atomic E-state index is 13.9. The Bertz CT molecular complexity index is 667. The van der Waals surface area contributed by atoms with Gasteiger partial charge in [0.25, 0.3) is 0 Å². The lowest BCUT2D eigenvalue weighted by molar-refractivity contribution is -0.142. The highest BCUT2D eigenvalue weighted by atomic mass is 19.4. The first-order chi connectivity index (χ1) is 13.8. The number of rotatable bonds is 5. The summed E-state index contributed by atoms with van der Waals surface area (Å²) in [6.45, 7) is 2.25. The Balaban J connectivity index is 1.52. The quantitative estimate of drug-likeness (QED) is 0.335. The van der Waals surface area contributed by atoms with Crippen molar-refractivity contribution in [1.29, 1.82) is 0 Å². The Morgan fingerprint density at radius 1 is 0.828 bits per heavy atom. The number of halogens is 5. The van der Waals surface area contributed by atoms with Gasteiger partial charge in [-0.25, -0.2) is 8.78 Å². The Morgan fingerprint density at radius 2 is 1.31 bits per heavy atom. The summed E-state index contributed by atoms with van der Waals surface area (Å²) in [7, 11) is 0. The van der Waals surface area contributed by atoms with E-state index in [0.29, 0.717) is 17.4 Å². The molecule has 0 aromatic heterocycles. The van der Waals surface area contributed by atoms with E-state index >= 15 is 0 Å². The van der Waals surface area contributed by atoms with E-state index in [9.17, 15) is 22.0 Å². The second kappa shape index (κ2) is 9.61. The minimum Gasteiger partial charge on any atom is -0.206 e. The Morgan fingerprint density at radius 3 is 1.76 bits per heavy atom. The molecule has 1 aromatic carbocycles. The molecule has 0 amide bonds. The van der Waals surface area contributed by atoms with Gasteiger partial charge in [-0.05, 0) is 92.7 Å². The Kier molecular flexibility index (Phi) is 7.39. The number of benzene rings is 1. The minimum absolute atomic E-state index is 0.0737. The molecule has 0 nitrogen and oxygen atoms in total. The molecule has 0 aliphatic heterocycles. The van der Waals surface area contributed by atoms with Crippen molar-refractivity contribution < 1.29 is 22.0 Å². The van der Waals surface area contributed by atoms with E-state index in [0.717, 1.165) is 43.7 Å². The molecule has 5 heteroatoms. The smallest absolute Gasteiger partial charge is 0.206 e. The van der Waals surface area contributed by atoms with Crippen molar-refractivity contribution in [2.45, 2.75) is 83.2 Å². The normalized spacial score (nSPS) is 28.8. The van der Waals surface area contributed by atoms with Crippen LogP contribution in [0.5, 0.6) is 0 Å². The molecule has 2 aliphatic rings. The third-order valence-corrected chi connectivity index (χ3v) is 6.83. The highest BCUT2D eigenvalue weighted by Gasteiger charge is 2.38. The molecule has 0 N–H and O–H groups in total. The molecule has 0 heterocycles. The summed E-state index contributed by atoms with van der Waals surface area (Å²) in [5, 5.41) is 0. The fourth-order valence-electron chi connectivity index (χ4n) is 5.14. The van der Waals surface area contributed by atoms with Crippen molar-refractivity contribution in [1.82, 2.24) is 0 Å². The van der Waals surface area contributed by atoms with Crippen LogP contribution >= 0.6 is 0 Å². The molecule has 0 unspecified atom stereocenters. The molecule has 0 radical (unpaired) electrons. The van der Waals surface area contributed by atoms with Gasteiger partial charge in [0.2, 0.25) is 0 Å². The molecular weight excluding hydrogens is 383 g/mol. The molecule has 3 rings (SSSR count). The molecule has 0 saturated heterocycles. The van der Waals surface area contributed by atoms with Gasteiger partial charge in [0, 0.05) is 0 Å². The lowest BCUT2D eigenvalue weighted by Gasteiger charge is -2.29. The largest absolute Gasteiger partial charge is 0.422 e. The Hall–Kier alpha value is -1.39. The van der Waals surface area contributed by atoms with Gasteiger partial charge in [0.15, 0.2) is 0 Å². The predicted molar refractivity (Wildman–Crippen MR) is 106 cm³/mol. The van der Waals surface area contributed by atoms with E-state index in [-0.39, 0.29) is 5.92 Å². The van der Waals surface area contributed by atoms with Crippen LogP contribution in [0, 0.1) is 29.4 Å². The zero-order chi connectivity index (χ0) is 21.0. The SMILES string of the molecule is CCC[C@H]1CC[C@H](/C=C/[C@H]2CC[C@H](c3cc(F)c(C(F)(F)F)c(F)c3)CC2)CC1. The topological polar surface area (TPSA) is 0 Å². The number of hydrogen-bond donors (Lipinski definition) is 0. The summed E-state index contributed by atoms with van der Waals surface area (Å²) in [5.41, 5.74) is -1.43. The molecule has 2 saturated carbocycles. The minimum atomic E-state index is -5.01. The third kappa shape index (κ3) is 5.82. The fourth-order valence-corrected chi connectivity index (χ4v) is 5.14. The zero-order valence-corrected chi connectivity index (χ0v) is 17.1. The summed E-state index contributed by atoms with van der Waals surface area (Å²) < 4.78 is 66.0. The van der Waals surface area contributed by atoms with Crippen molar-refractivity contribution in [3.8, 4) is 0 Å². The van der Waals surface area contributed by atoms with E-state index in [1.807, 2.05) is 0 Å². The molecule has 162 valence electrons. The number of hydrogen-bond acceptors (Lipinski definition) is 0. The van der Waals surface area contributed by atoms with E-state index in [1.165, 1.54) is 38.5 Å². The number of alkyl halides is 3. The molecule has 1 aromatic rings. The highest BCUT2D eigenvalue weighted by molar-refractivity contribution is 5.31. The summed E-state index contributed by atoms with van der Waals surface area (Å²) in [5.74, 6) is -1.07. The molecule has 0 bridgehead atoms. The van der Waals surface area contributed by atoms with Gasteiger partial charge in [0.05, 0.1) is 0 Å². The van der Waals surface area contributed by atoms with Crippen LogP contribution in [0.25, 0.3) is 0 Å². The maximum Gasteiger partial charge on any atom is 0.422 e. The summed E-state index contributed by atoms with van der Waals surface area (Å²) >= 11 is 0. The molecule has 0 atom stereocenters. The van der Waals surface area contributed by atoms with Crippen LogP contribution in [0.4, 0.5) is 22.0 Å². The van der Waals surface area contributed by atoms with Gasteiger partial charge < -0.3 is 0 Å². The second-order valence-electron chi connectivity index (χ2n) is 8.92. The molecule has 29 heavy (non-hydrogen) atoms. The van der Waals surface area contributed by atoms with Gasteiger partial charge in [-0.3, -0.25) is 0 Å². The first kappa shape index (κ1) is 22.3. The van der Waals surface area contributed by atoms with Crippen LogP contribution in [0.15, 0.2) is 24.3 Å². The average Bonchev–Trinajstić information content (AvgIpc) is 2.66. The molecule has 2 aliphatic carbocycles. The van der Waals surface area contributed by atoms with Gasteiger partial charge >= 0.3 is 6.18 Å². The Labute approximate surface area is 170 Å². The third-order valence-electron chi connectivity index (χ3n) is 6.83. The van der Waals surface area contributed by atoms with Crippen molar-refractivity contribution in [2.24, 2.45) is 17.8 Å². The monoisotopic (exact) mass is 414 g/mol. The number of allylic oxidation sites excluding steroid dienone is 2. The van der Waals surface area contributed by atoms with Crippen LogP contribution in [-0.4, -0.2) is 0 Å². The fraction of sp³-hybridized carbons (Fsp3) is 0.667. The standard InChI is InChI=1S/C24H31F5/c1-2-3-16-4-6-17(7-5-16)8-9-18-10-12-19(13-11-18)20-14-21(25)23(22(26)15-20)24(27,28)29/h8-9,14-19H,2-7,10-13H2,1H3/b9-8+/t16-,17-,18-,19-. The van der Waals surface area contributed by atoms with Gasteiger partial charge in [0.1, 0.15) is 17.2 Å². The van der Waals surface area contributed by atoms with Crippen molar-refractivity contribution in [3.63, 3.8) is 0 Å². The van der Waals surface area contributed by atoms with Gasteiger partial charge in [-0.1, -0.05) is 31.9 Å². The van der Waals surface area contributed by atoms with E-state index in [2.05, 4.69) is 19.1 Å². The van der Waals surface area contributed by atoms with Crippen LogP contribution in [0.3, 0.4) is 0 Å². The van der Waals surface area contributed by atoms with E-state index in [4.69, 9.17) is 0 Å². The molecule has 0 spiro atoms. The van der Waals surface area contributed by atoms with Crippen LogP contribution in [0.1, 0.15) is 88.2 Å². The van der Waals surface area contributed by atoms with Crippen LogP contribution < -0.4 is 0 Å². The summed E-state index contributed by atoms with van der Waals surface area (Å²) in [4.78, 5) is 0. The lowest BCUT2D eigenvalue weighted by atomic mass is 9.76. The van der Waals surface area contributed by atoms with Crippen molar-refractivity contribution in [2.75, 3.05) is 0 Å². The average molecular weight is 415 g/mol. The summed E-state index contributed by atoms with van der Waals surface area (Å²) in [6.07, 6.45) is 10.8. The maximum absolute atomic E-state index is 13.9. The molecular formula is C24H31F5. The van der Waals surface area contributed by atoms with Crippen molar-refractivity contribution >= 4 is 0 Å². The van der Waals surface area contributed by atoms with Gasteiger partial charge in [-0.15, -0.1) is 0 Å². The highest BCUT2D eigenvalue weighted by Crippen LogP contribution is 2.40. The summed E-state index contributed by atoms with van der Waals surface area (Å²) in [6, 6.07) is 1.75. The van der Waals surface area contributed by atoms with E-state index < -0.39 is 23.4 Å². The first-order valence-corrected chi connectivity index (χ1v) is 11.0. The first-order valence-electron chi connectivity index (χ1n) is 11.0. The lowest BCUT2D eigenvalue weighted by Crippen LogP contribution is -2.16. The zero-order valence-electron chi connectivity index (χ0n) is 17.1. The van der Waals surface area contributed by atoms with Crippen LogP contribution in [-0.2, 0) is 6.18 Å². The second-order valence-corrected chi connectivity index (χ2v) is 8.92. The predicted octanol–water partition coefficient (Wildman–Crippen LogP) is 8.42. The van der Waals surface area contributed by atoms with E-state index in [1.54, 1.807) is 0 Å². The van der Waals surface area contributed by atoms with Gasteiger partial charge in [-0.2, -0.15) is 13.2 Å². The van der Waals surface area contributed by atoms with Crippen molar-refractivity contribution in [3.05, 3.63) is 47.0 Å². The molecule has 2 fully saturated rings.